The van der Waals surface area contributed by atoms with Crippen LogP contribution in [-0.4, -0.2) is 24.8 Å². The summed E-state index contributed by atoms with van der Waals surface area (Å²) in [4.78, 5) is 12.3. The van der Waals surface area contributed by atoms with Crippen LogP contribution in [-0.2, 0) is 0 Å². The summed E-state index contributed by atoms with van der Waals surface area (Å²) in [6, 6.07) is 8.21. The molecule has 0 aromatic heterocycles. The molecule has 5 nitrogen and oxygen atoms in total. The smallest absolute Gasteiger partial charge is 0.231 e. The number of rotatable bonds is 4. The van der Waals surface area contributed by atoms with Crippen molar-refractivity contribution < 1.29 is 24.1 Å². The van der Waals surface area contributed by atoms with E-state index in [0.29, 0.717) is 32.8 Å². The number of phenols is 1. The monoisotopic (exact) mass is 376 g/mol. The molecule has 3 rings (SSSR count). The number of fused-ring (bicyclic) bond motifs is 1. The number of aromatic hydroxyl groups is 1. The minimum Gasteiger partial charge on any atom is -0.504 e. The van der Waals surface area contributed by atoms with Crippen LogP contribution in [0.5, 0.6) is 23.0 Å². The van der Waals surface area contributed by atoms with Gasteiger partial charge in [0.25, 0.3) is 0 Å². The molecule has 2 aromatic rings. The summed E-state index contributed by atoms with van der Waals surface area (Å²) in [5.41, 5.74) is 1.22. The van der Waals surface area contributed by atoms with E-state index in [1.807, 2.05) is 0 Å². The first-order chi connectivity index (χ1) is 11.1. The molecule has 0 saturated carbocycles. The molecule has 0 fully saturated rings. The number of benzene rings is 2. The number of carbonyl (C=O) groups is 1. The van der Waals surface area contributed by atoms with E-state index in [-0.39, 0.29) is 18.3 Å². The molecular weight excluding hydrogens is 364 g/mol. The zero-order valence-electron chi connectivity index (χ0n) is 12.2. The van der Waals surface area contributed by atoms with E-state index >= 15 is 0 Å². The molecule has 0 saturated heterocycles. The Labute approximate surface area is 141 Å². The van der Waals surface area contributed by atoms with Gasteiger partial charge in [-0.05, 0) is 48.0 Å². The Kier molecular flexibility index (Phi) is 4.25. The van der Waals surface area contributed by atoms with E-state index < -0.39 is 0 Å². The normalized spacial score (nSPS) is 12.6. The van der Waals surface area contributed by atoms with Gasteiger partial charge in [0.15, 0.2) is 28.8 Å². The predicted molar refractivity (Wildman–Crippen MR) is 88.3 cm³/mol. The van der Waals surface area contributed by atoms with E-state index in [9.17, 15) is 9.90 Å². The van der Waals surface area contributed by atoms with Crippen molar-refractivity contribution >= 4 is 27.8 Å². The molecule has 0 radical (unpaired) electrons. The molecule has 6 heteroatoms. The fourth-order valence-electron chi connectivity index (χ4n) is 2.16. The molecule has 118 valence electrons. The van der Waals surface area contributed by atoms with Gasteiger partial charge in [0, 0.05) is 10.0 Å². The van der Waals surface area contributed by atoms with Crippen LogP contribution >= 0.6 is 15.9 Å². The van der Waals surface area contributed by atoms with Crippen molar-refractivity contribution in [1.29, 1.82) is 0 Å². The SMILES string of the molecule is COc1cc(C=CC(=O)c2ccc3c(c2)OCO3)c(Br)cc1O. The van der Waals surface area contributed by atoms with E-state index in [2.05, 4.69) is 15.9 Å². The van der Waals surface area contributed by atoms with Crippen molar-refractivity contribution in [2.24, 2.45) is 0 Å². The van der Waals surface area contributed by atoms with Gasteiger partial charge in [-0.3, -0.25) is 4.79 Å². The number of ether oxygens (including phenoxy) is 3. The van der Waals surface area contributed by atoms with E-state index in [1.165, 1.54) is 19.3 Å². The van der Waals surface area contributed by atoms with E-state index in [1.54, 1.807) is 30.3 Å². The van der Waals surface area contributed by atoms with Gasteiger partial charge in [0.05, 0.1) is 7.11 Å². The quantitative estimate of drug-likeness (QED) is 0.649. The maximum atomic E-state index is 12.3. The number of allylic oxidation sites excluding steroid dienone is 1. The minimum atomic E-state index is -0.165. The number of phenolic OH excluding ortho intramolecular Hbond substituents is 1. The molecule has 0 amide bonds. The van der Waals surface area contributed by atoms with E-state index in [0.717, 1.165) is 0 Å². The van der Waals surface area contributed by atoms with Crippen LogP contribution in [0.4, 0.5) is 0 Å². The fraction of sp³-hybridized carbons (Fsp3) is 0.118. The lowest BCUT2D eigenvalue weighted by Gasteiger charge is -2.06. The van der Waals surface area contributed by atoms with Crippen molar-refractivity contribution in [2.45, 2.75) is 0 Å². The van der Waals surface area contributed by atoms with Crippen molar-refractivity contribution in [3.63, 3.8) is 0 Å². The second-order valence-electron chi connectivity index (χ2n) is 4.81. The van der Waals surface area contributed by atoms with Gasteiger partial charge in [0.2, 0.25) is 6.79 Å². The van der Waals surface area contributed by atoms with Crippen LogP contribution < -0.4 is 14.2 Å². The molecular formula is C17H13BrO5. The van der Waals surface area contributed by atoms with Crippen LogP contribution in [0.2, 0.25) is 0 Å². The lowest BCUT2D eigenvalue weighted by Crippen LogP contribution is -1.94. The number of halogens is 1. The van der Waals surface area contributed by atoms with E-state index in [4.69, 9.17) is 14.2 Å². The third-order valence-electron chi connectivity index (χ3n) is 3.37. The number of methoxy groups -OCH3 is 1. The second-order valence-corrected chi connectivity index (χ2v) is 5.67. The number of hydrogen-bond acceptors (Lipinski definition) is 5. The molecule has 0 bridgehead atoms. The van der Waals surface area contributed by atoms with Gasteiger partial charge >= 0.3 is 0 Å². The number of ketones is 1. The van der Waals surface area contributed by atoms with Crippen molar-refractivity contribution in [3.8, 4) is 23.0 Å². The molecule has 0 unspecified atom stereocenters. The Bertz CT molecular complexity index is 798. The first kappa shape index (κ1) is 15.4. The average molecular weight is 377 g/mol. The first-order valence-electron chi connectivity index (χ1n) is 6.77. The molecule has 0 atom stereocenters. The van der Waals surface area contributed by atoms with Crippen LogP contribution in [0.25, 0.3) is 6.08 Å². The first-order valence-corrected chi connectivity index (χ1v) is 7.56. The van der Waals surface area contributed by atoms with Gasteiger partial charge in [0.1, 0.15) is 0 Å². The summed E-state index contributed by atoms with van der Waals surface area (Å²) < 4.78 is 16.2. The Morgan fingerprint density at radius 2 is 2.04 bits per heavy atom. The van der Waals surface area contributed by atoms with Crippen molar-refractivity contribution in [1.82, 2.24) is 0 Å². The third kappa shape index (κ3) is 3.17. The summed E-state index contributed by atoms with van der Waals surface area (Å²) in [6.45, 7) is 0.170. The van der Waals surface area contributed by atoms with Crippen LogP contribution in [0.3, 0.4) is 0 Å². The topological polar surface area (TPSA) is 65.0 Å². The molecule has 2 aromatic carbocycles. The van der Waals surface area contributed by atoms with Gasteiger partial charge in [-0.15, -0.1) is 0 Å². The lowest BCUT2D eigenvalue weighted by atomic mass is 10.1. The molecule has 1 aliphatic rings. The molecule has 0 aliphatic carbocycles. The Balaban J connectivity index is 1.84. The van der Waals surface area contributed by atoms with Gasteiger partial charge < -0.3 is 19.3 Å². The van der Waals surface area contributed by atoms with Crippen molar-refractivity contribution in [3.05, 3.63) is 52.0 Å². The zero-order chi connectivity index (χ0) is 16.4. The number of carbonyl (C=O) groups excluding carboxylic acids is 1. The summed E-state index contributed by atoms with van der Waals surface area (Å²) in [5, 5.41) is 9.69. The molecule has 1 N–H and O–H groups in total. The maximum absolute atomic E-state index is 12.3. The lowest BCUT2D eigenvalue weighted by molar-refractivity contribution is 0.104. The van der Waals surface area contributed by atoms with Crippen molar-refractivity contribution in [2.75, 3.05) is 13.9 Å². The summed E-state index contributed by atoms with van der Waals surface area (Å²) in [6.07, 6.45) is 3.10. The highest BCUT2D eigenvalue weighted by Crippen LogP contribution is 2.34. The highest BCUT2D eigenvalue weighted by atomic mass is 79.9. The zero-order valence-corrected chi connectivity index (χ0v) is 13.8. The second kappa shape index (κ2) is 6.34. The van der Waals surface area contributed by atoms with Gasteiger partial charge in [-0.2, -0.15) is 0 Å². The third-order valence-corrected chi connectivity index (χ3v) is 4.06. The average Bonchev–Trinajstić information content (AvgIpc) is 3.01. The largest absolute Gasteiger partial charge is 0.504 e. The Morgan fingerprint density at radius 1 is 1.26 bits per heavy atom. The standard InChI is InChI=1S/C17H13BrO5/c1-21-16-6-10(12(18)8-14(16)20)2-4-13(19)11-3-5-15-17(7-11)23-9-22-15/h2-8,20H,9H2,1H3. The van der Waals surface area contributed by atoms with Gasteiger partial charge in [-0.25, -0.2) is 0 Å². The Morgan fingerprint density at radius 3 is 2.83 bits per heavy atom. The highest BCUT2D eigenvalue weighted by Gasteiger charge is 2.15. The van der Waals surface area contributed by atoms with Gasteiger partial charge in [-0.1, -0.05) is 15.9 Å². The molecule has 23 heavy (non-hydrogen) atoms. The molecule has 1 aliphatic heterocycles. The predicted octanol–water partition coefficient (Wildman–Crippen LogP) is 3.79. The summed E-state index contributed by atoms with van der Waals surface area (Å²) in [5.74, 6) is 1.40. The Hall–Kier alpha value is -2.47. The summed E-state index contributed by atoms with van der Waals surface area (Å²) >= 11 is 3.34. The minimum absolute atomic E-state index is 0.0265. The fourth-order valence-corrected chi connectivity index (χ4v) is 2.62. The number of hydrogen-bond donors (Lipinski definition) is 1. The van der Waals surface area contributed by atoms with Crippen LogP contribution in [0.15, 0.2) is 40.9 Å². The highest BCUT2D eigenvalue weighted by molar-refractivity contribution is 9.10. The molecule has 0 spiro atoms. The summed E-state index contributed by atoms with van der Waals surface area (Å²) in [7, 11) is 1.47. The maximum Gasteiger partial charge on any atom is 0.231 e. The van der Waals surface area contributed by atoms with Crippen LogP contribution in [0, 0.1) is 0 Å². The molecule has 1 heterocycles. The van der Waals surface area contributed by atoms with Crippen LogP contribution in [0.1, 0.15) is 15.9 Å².